The van der Waals surface area contributed by atoms with Crippen LogP contribution in [0.1, 0.15) is 27.0 Å². The molecule has 0 saturated carbocycles. The Morgan fingerprint density at radius 3 is 2.28 bits per heavy atom. The summed E-state index contributed by atoms with van der Waals surface area (Å²) in [5.41, 5.74) is 2.28. The third-order valence-corrected chi connectivity index (χ3v) is 6.00. The molecule has 2 N–H and O–H groups in total. The van der Waals surface area contributed by atoms with E-state index in [4.69, 9.17) is 5.41 Å². The Hall–Kier alpha value is -4.66. The topological polar surface area (TPSA) is 92.3 Å². The third-order valence-electron chi connectivity index (χ3n) is 6.00. The van der Waals surface area contributed by atoms with Crippen molar-refractivity contribution in [3.63, 3.8) is 0 Å². The molecule has 0 aliphatic carbocycles. The summed E-state index contributed by atoms with van der Waals surface area (Å²) >= 11 is 0. The van der Waals surface area contributed by atoms with Crippen molar-refractivity contribution >= 4 is 22.6 Å². The lowest BCUT2D eigenvalue weighted by Crippen LogP contribution is -2.35. The van der Waals surface area contributed by atoms with Crippen LogP contribution in [-0.2, 0) is 13.1 Å². The number of hydrogen-bond acceptors (Lipinski definition) is 4. The van der Waals surface area contributed by atoms with Gasteiger partial charge in [0.15, 0.2) is 0 Å². The number of pyridine rings is 2. The number of benzene rings is 2. The lowest BCUT2D eigenvalue weighted by atomic mass is 10.1. The fourth-order valence-corrected chi connectivity index (χ4v) is 4.08. The number of hydrogen-bond donors (Lipinski definition) is 2. The van der Waals surface area contributed by atoms with Crippen molar-refractivity contribution < 1.29 is 13.6 Å². The molecule has 3 heterocycles. The number of halogens is 2. The highest BCUT2D eigenvalue weighted by Crippen LogP contribution is 2.15. The lowest BCUT2D eigenvalue weighted by molar-refractivity contribution is 0.0948. The van der Waals surface area contributed by atoms with Gasteiger partial charge in [0.25, 0.3) is 11.5 Å². The van der Waals surface area contributed by atoms with Crippen LogP contribution < -0.4 is 16.4 Å². The van der Waals surface area contributed by atoms with Crippen LogP contribution in [0.5, 0.6) is 0 Å². The average Bonchev–Trinajstić information content (AvgIpc) is 2.87. The molecular formula is C27H21F2N5O2. The number of carbonyl (C=O) groups excluding carboxylic acids is 1. The highest BCUT2D eigenvalue weighted by molar-refractivity contribution is 5.96. The summed E-state index contributed by atoms with van der Waals surface area (Å²) in [5, 5.41) is 11.7. The number of carbonyl (C=O) groups is 1. The smallest absolute Gasteiger partial charge is 0.267 e. The second-order valence-corrected chi connectivity index (χ2v) is 8.47. The Kier molecular flexibility index (Phi) is 5.89. The van der Waals surface area contributed by atoms with E-state index in [-0.39, 0.29) is 46.6 Å². The van der Waals surface area contributed by atoms with E-state index in [1.807, 2.05) is 13.0 Å². The minimum absolute atomic E-state index is 0.0155. The Bertz CT molecular complexity index is 1740. The van der Waals surface area contributed by atoms with E-state index in [1.165, 1.54) is 39.3 Å². The van der Waals surface area contributed by atoms with Gasteiger partial charge in [-0.3, -0.25) is 19.4 Å². The van der Waals surface area contributed by atoms with Crippen molar-refractivity contribution in [2.45, 2.75) is 20.0 Å². The van der Waals surface area contributed by atoms with Crippen LogP contribution in [0.25, 0.3) is 16.7 Å². The van der Waals surface area contributed by atoms with Crippen LogP contribution in [-0.4, -0.2) is 19.9 Å². The monoisotopic (exact) mass is 485 g/mol. The van der Waals surface area contributed by atoms with E-state index in [1.54, 1.807) is 36.5 Å². The Balaban J connectivity index is 1.67. The first-order valence-corrected chi connectivity index (χ1v) is 11.2. The van der Waals surface area contributed by atoms with Gasteiger partial charge in [0.05, 0.1) is 17.5 Å². The molecule has 0 fully saturated rings. The zero-order valence-corrected chi connectivity index (χ0v) is 19.3. The second kappa shape index (κ2) is 9.18. The maximum atomic E-state index is 13.5. The number of nitrogens with one attached hydrogen (secondary N) is 2. The van der Waals surface area contributed by atoms with Crippen LogP contribution in [0.15, 0.2) is 77.7 Å². The van der Waals surface area contributed by atoms with Crippen LogP contribution in [0.3, 0.4) is 0 Å². The number of aryl methyl sites for hydroxylation is 1. The minimum Gasteiger partial charge on any atom is -0.348 e. The zero-order chi connectivity index (χ0) is 25.4. The van der Waals surface area contributed by atoms with Gasteiger partial charge in [-0.2, -0.15) is 0 Å². The molecule has 0 saturated heterocycles. The molecule has 3 aromatic heterocycles. The quantitative estimate of drug-likeness (QED) is 0.372. The SMILES string of the molecule is Cc1cccn2c(=O)c3cc(C(=O)NCc4ccc(F)cc4)c(=N)n(Cc4ccc(F)cc4)c3nc12. The molecule has 0 aliphatic heterocycles. The molecule has 0 radical (unpaired) electrons. The number of aromatic nitrogens is 3. The Morgan fingerprint density at radius 2 is 1.61 bits per heavy atom. The summed E-state index contributed by atoms with van der Waals surface area (Å²) in [6.45, 7) is 2.04. The molecule has 5 aromatic rings. The van der Waals surface area contributed by atoms with E-state index < -0.39 is 11.7 Å². The van der Waals surface area contributed by atoms with Gasteiger partial charge in [-0.15, -0.1) is 0 Å². The standard InChI is InChI=1S/C27H21F2N5O2/c1-16-3-2-12-33-24(16)32-25-22(27(33)36)13-21(26(35)31-14-17-4-8-19(28)9-5-17)23(30)34(25)15-18-6-10-20(29)11-7-18/h2-13,30H,14-15H2,1H3,(H,31,35). The van der Waals surface area contributed by atoms with Crippen molar-refractivity contribution in [1.29, 1.82) is 5.41 Å². The van der Waals surface area contributed by atoms with Crippen LogP contribution in [0, 0.1) is 24.0 Å². The molecule has 0 unspecified atom stereocenters. The van der Waals surface area contributed by atoms with Crippen molar-refractivity contribution in [3.8, 4) is 0 Å². The third kappa shape index (κ3) is 4.26. The summed E-state index contributed by atoms with van der Waals surface area (Å²) in [6, 6.07) is 16.4. The molecule has 0 aliphatic rings. The number of rotatable bonds is 5. The molecular weight excluding hydrogens is 464 g/mol. The van der Waals surface area contributed by atoms with E-state index in [2.05, 4.69) is 10.3 Å². The molecule has 2 aromatic carbocycles. The van der Waals surface area contributed by atoms with Crippen molar-refractivity contribution in [3.05, 3.63) is 123 Å². The van der Waals surface area contributed by atoms with Gasteiger partial charge >= 0.3 is 0 Å². The van der Waals surface area contributed by atoms with E-state index in [9.17, 15) is 18.4 Å². The molecule has 1 amide bonds. The van der Waals surface area contributed by atoms with E-state index >= 15 is 0 Å². The van der Waals surface area contributed by atoms with Crippen LogP contribution in [0.2, 0.25) is 0 Å². The van der Waals surface area contributed by atoms with Crippen molar-refractivity contribution in [2.24, 2.45) is 0 Å². The summed E-state index contributed by atoms with van der Waals surface area (Å²) in [4.78, 5) is 31.2. The van der Waals surface area contributed by atoms with Crippen molar-refractivity contribution in [2.75, 3.05) is 0 Å². The minimum atomic E-state index is -0.562. The summed E-state index contributed by atoms with van der Waals surface area (Å²) in [5.74, 6) is -1.34. The normalized spacial score (nSPS) is 11.2. The number of amides is 1. The van der Waals surface area contributed by atoms with E-state index in [0.29, 0.717) is 16.8 Å². The Morgan fingerprint density at radius 1 is 0.972 bits per heavy atom. The molecule has 9 heteroatoms. The maximum Gasteiger partial charge on any atom is 0.267 e. The predicted molar refractivity (Wildman–Crippen MR) is 131 cm³/mol. The van der Waals surface area contributed by atoms with Crippen LogP contribution >= 0.6 is 0 Å². The fourth-order valence-electron chi connectivity index (χ4n) is 4.08. The van der Waals surface area contributed by atoms with Gasteiger partial charge in [0.2, 0.25) is 0 Å². The van der Waals surface area contributed by atoms with Crippen molar-refractivity contribution in [1.82, 2.24) is 19.3 Å². The van der Waals surface area contributed by atoms with E-state index in [0.717, 1.165) is 5.56 Å². The number of fused-ring (bicyclic) bond motifs is 2. The molecule has 0 bridgehead atoms. The number of nitrogens with zero attached hydrogens (tertiary/aromatic N) is 3. The highest BCUT2D eigenvalue weighted by atomic mass is 19.1. The predicted octanol–water partition coefficient (Wildman–Crippen LogP) is 3.69. The van der Waals surface area contributed by atoms with Gasteiger partial charge < -0.3 is 9.88 Å². The van der Waals surface area contributed by atoms with Gasteiger partial charge in [-0.1, -0.05) is 30.3 Å². The molecule has 180 valence electrons. The van der Waals surface area contributed by atoms with Gasteiger partial charge in [-0.25, -0.2) is 13.8 Å². The summed E-state index contributed by atoms with van der Waals surface area (Å²) in [7, 11) is 0. The fraction of sp³-hybridized carbons (Fsp3) is 0.111. The average molecular weight is 485 g/mol. The largest absolute Gasteiger partial charge is 0.348 e. The van der Waals surface area contributed by atoms with Gasteiger partial charge in [-0.05, 0) is 60.0 Å². The zero-order valence-electron chi connectivity index (χ0n) is 19.3. The first-order chi connectivity index (χ1) is 17.3. The molecule has 5 rings (SSSR count). The van der Waals surface area contributed by atoms with Crippen LogP contribution in [0.4, 0.5) is 8.78 Å². The highest BCUT2D eigenvalue weighted by Gasteiger charge is 2.18. The summed E-state index contributed by atoms with van der Waals surface area (Å²) in [6.07, 6.45) is 1.60. The van der Waals surface area contributed by atoms with Gasteiger partial charge in [0, 0.05) is 12.7 Å². The molecule has 7 nitrogen and oxygen atoms in total. The second-order valence-electron chi connectivity index (χ2n) is 8.47. The molecule has 0 atom stereocenters. The molecule has 36 heavy (non-hydrogen) atoms. The summed E-state index contributed by atoms with van der Waals surface area (Å²) < 4.78 is 29.6. The maximum absolute atomic E-state index is 13.5. The first-order valence-electron chi connectivity index (χ1n) is 11.2. The van der Waals surface area contributed by atoms with Gasteiger partial charge in [0.1, 0.15) is 28.4 Å². The Labute approximate surface area is 203 Å². The first kappa shape index (κ1) is 23.1. The lowest BCUT2D eigenvalue weighted by Gasteiger charge is -2.15. The molecule has 0 spiro atoms.